The van der Waals surface area contributed by atoms with Gasteiger partial charge in [-0.05, 0) is 17.8 Å². The molecule has 0 unspecified atom stereocenters. The minimum atomic E-state index is -1.38. The number of pyridine rings is 1. The zero-order valence-corrected chi connectivity index (χ0v) is 10.4. The van der Waals surface area contributed by atoms with Gasteiger partial charge in [-0.2, -0.15) is 0 Å². The second-order valence-electron chi connectivity index (χ2n) is 3.43. The fraction of sp³-hybridized carbons (Fsp3) is 0.111. The molecule has 0 fully saturated rings. The standard InChI is InChI=1S/C9H7N5O4S/c1-13-4-11-12-9(13)19-7-2-5(8(15)16)6(3-10-7)14(17)18/h2-4H,1H3,(H,15,16). The molecule has 2 aromatic heterocycles. The Morgan fingerprint density at radius 1 is 1.58 bits per heavy atom. The van der Waals surface area contributed by atoms with Crippen molar-refractivity contribution in [1.82, 2.24) is 19.7 Å². The molecule has 10 heteroatoms. The molecule has 0 saturated heterocycles. The highest BCUT2D eigenvalue weighted by Crippen LogP contribution is 2.27. The Balaban J connectivity index is 2.39. The number of hydrogen-bond donors (Lipinski definition) is 1. The van der Waals surface area contributed by atoms with Crippen molar-refractivity contribution in [2.75, 3.05) is 0 Å². The van der Waals surface area contributed by atoms with E-state index in [1.54, 1.807) is 11.6 Å². The Labute approximate surface area is 110 Å². The molecule has 0 radical (unpaired) electrons. The van der Waals surface area contributed by atoms with Crippen LogP contribution in [0.15, 0.2) is 28.8 Å². The summed E-state index contributed by atoms with van der Waals surface area (Å²) in [5.74, 6) is -1.38. The number of carboxylic acid groups (broad SMARTS) is 1. The van der Waals surface area contributed by atoms with Crippen molar-refractivity contribution in [1.29, 1.82) is 0 Å². The van der Waals surface area contributed by atoms with Crippen molar-refractivity contribution in [2.45, 2.75) is 10.2 Å². The smallest absolute Gasteiger partial charge is 0.342 e. The molecule has 0 atom stereocenters. The van der Waals surface area contributed by atoms with Gasteiger partial charge in [0.05, 0.1) is 4.92 Å². The van der Waals surface area contributed by atoms with Crippen molar-refractivity contribution in [3.63, 3.8) is 0 Å². The molecule has 9 nitrogen and oxygen atoms in total. The van der Waals surface area contributed by atoms with E-state index in [2.05, 4.69) is 15.2 Å². The highest BCUT2D eigenvalue weighted by Gasteiger charge is 2.21. The maximum absolute atomic E-state index is 11.0. The number of aromatic nitrogens is 4. The molecule has 19 heavy (non-hydrogen) atoms. The summed E-state index contributed by atoms with van der Waals surface area (Å²) in [6.07, 6.45) is 2.40. The summed E-state index contributed by atoms with van der Waals surface area (Å²) < 4.78 is 1.62. The molecule has 2 aromatic rings. The van der Waals surface area contributed by atoms with Crippen LogP contribution in [0, 0.1) is 10.1 Å². The SMILES string of the molecule is Cn1cnnc1Sc1cc(C(=O)O)c([N+](=O)[O-])cn1. The third kappa shape index (κ3) is 2.68. The van der Waals surface area contributed by atoms with Gasteiger partial charge in [0.1, 0.15) is 23.1 Å². The van der Waals surface area contributed by atoms with E-state index in [1.165, 1.54) is 6.33 Å². The van der Waals surface area contributed by atoms with E-state index in [-0.39, 0.29) is 0 Å². The average molecular weight is 281 g/mol. The molecule has 0 aliphatic rings. The van der Waals surface area contributed by atoms with Gasteiger partial charge in [0.15, 0.2) is 5.16 Å². The monoisotopic (exact) mass is 281 g/mol. The predicted molar refractivity (Wildman–Crippen MR) is 63.0 cm³/mol. The van der Waals surface area contributed by atoms with Crippen molar-refractivity contribution in [2.24, 2.45) is 7.05 Å². The van der Waals surface area contributed by atoms with Crippen LogP contribution in [0.25, 0.3) is 0 Å². The fourth-order valence-corrected chi connectivity index (χ4v) is 2.01. The molecule has 0 amide bonds. The van der Waals surface area contributed by atoms with Crippen LogP contribution in [0.5, 0.6) is 0 Å². The molecule has 2 rings (SSSR count). The largest absolute Gasteiger partial charge is 0.477 e. The zero-order chi connectivity index (χ0) is 14.0. The van der Waals surface area contributed by atoms with Gasteiger partial charge in [0, 0.05) is 7.05 Å². The van der Waals surface area contributed by atoms with Gasteiger partial charge in [0.25, 0.3) is 0 Å². The normalized spacial score (nSPS) is 10.4. The number of nitrogens with zero attached hydrogens (tertiary/aromatic N) is 5. The predicted octanol–water partition coefficient (Wildman–Crippen LogP) is 0.968. The lowest BCUT2D eigenvalue weighted by molar-refractivity contribution is -0.385. The lowest BCUT2D eigenvalue weighted by atomic mass is 10.2. The van der Waals surface area contributed by atoms with E-state index in [1.807, 2.05) is 0 Å². The summed E-state index contributed by atoms with van der Waals surface area (Å²) in [4.78, 5) is 24.7. The fourth-order valence-electron chi connectivity index (χ4n) is 1.26. The van der Waals surface area contributed by atoms with E-state index in [0.717, 1.165) is 24.0 Å². The maximum atomic E-state index is 11.0. The highest BCUT2D eigenvalue weighted by atomic mass is 32.2. The summed E-state index contributed by atoms with van der Waals surface area (Å²) in [7, 11) is 1.71. The summed E-state index contributed by atoms with van der Waals surface area (Å²) in [6, 6.07) is 1.14. The van der Waals surface area contributed by atoms with Crippen LogP contribution in [0.4, 0.5) is 5.69 Å². The Morgan fingerprint density at radius 2 is 2.32 bits per heavy atom. The first-order valence-electron chi connectivity index (χ1n) is 4.88. The third-order valence-electron chi connectivity index (χ3n) is 2.15. The van der Waals surface area contributed by atoms with E-state index in [0.29, 0.717) is 10.2 Å². The molecular weight excluding hydrogens is 274 g/mol. The summed E-state index contributed by atoms with van der Waals surface area (Å²) in [5.41, 5.74) is -0.959. The Bertz CT molecular complexity index is 656. The van der Waals surface area contributed by atoms with Gasteiger partial charge in [-0.15, -0.1) is 10.2 Å². The summed E-state index contributed by atoms with van der Waals surface area (Å²) in [6.45, 7) is 0. The molecule has 0 aliphatic carbocycles. The molecule has 0 bridgehead atoms. The molecule has 0 aliphatic heterocycles. The van der Waals surface area contributed by atoms with E-state index < -0.39 is 22.1 Å². The number of carbonyl (C=O) groups is 1. The zero-order valence-electron chi connectivity index (χ0n) is 9.55. The van der Waals surface area contributed by atoms with Gasteiger partial charge in [-0.3, -0.25) is 10.1 Å². The van der Waals surface area contributed by atoms with E-state index >= 15 is 0 Å². The van der Waals surface area contributed by atoms with Crippen molar-refractivity contribution < 1.29 is 14.8 Å². The number of carboxylic acids is 1. The van der Waals surface area contributed by atoms with E-state index in [4.69, 9.17) is 5.11 Å². The average Bonchev–Trinajstić information content (AvgIpc) is 2.74. The Kier molecular flexibility index (Phi) is 3.42. The summed E-state index contributed by atoms with van der Waals surface area (Å²) in [5, 5.41) is 27.9. The van der Waals surface area contributed by atoms with E-state index in [9.17, 15) is 14.9 Å². The molecule has 0 aromatic carbocycles. The lowest BCUT2D eigenvalue weighted by Gasteiger charge is -2.02. The second-order valence-corrected chi connectivity index (χ2v) is 4.42. The van der Waals surface area contributed by atoms with Crippen molar-refractivity contribution in [3.05, 3.63) is 34.3 Å². The molecular formula is C9H7N5O4S. The van der Waals surface area contributed by atoms with Crippen LogP contribution >= 0.6 is 11.8 Å². The molecule has 0 spiro atoms. The number of rotatable bonds is 4. The van der Waals surface area contributed by atoms with Crippen LogP contribution in [0.3, 0.4) is 0 Å². The second kappa shape index (κ2) is 5.02. The first-order valence-corrected chi connectivity index (χ1v) is 5.70. The van der Waals surface area contributed by atoms with Crippen LogP contribution in [0.1, 0.15) is 10.4 Å². The number of aromatic carboxylic acids is 1. The molecule has 2 heterocycles. The van der Waals surface area contributed by atoms with Gasteiger partial charge >= 0.3 is 11.7 Å². The number of aryl methyl sites for hydroxylation is 1. The summed E-state index contributed by atoms with van der Waals surface area (Å²) >= 11 is 1.07. The third-order valence-corrected chi connectivity index (χ3v) is 3.14. The lowest BCUT2D eigenvalue weighted by Crippen LogP contribution is -2.04. The van der Waals surface area contributed by atoms with Crippen LogP contribution in [-0.4, -0.2) is 35.7 Å². The topological polar surface area (TPSA) is 124 Å². The Morgan fingerprint density at radius 3 is 2.84 bits per heavy atom. The van der Waals surface area contributed by atoms with Gasteiger partial charge < -0.3 is 9.67 Å². The van der Waals surface area contributed by atoms with Gasteiger partial charge in [0.2, 0.25) is 0 Å². The minimum absolute atomic E-state index is 0.291. The quantitative estimate of drug-likeness (QED) is 0.649. The first kappa shape index (κ1) is 13.0. The molecule has 1 N–H and O–H groups in total. The van der Waals surface area contributed by atoms with Crippen LogP contribution in [-0.2, 0) is 7.05 Å². The van der Waals surface area contributed by atoms with Gasteiger partial charge in [-0.25, -0.2) is 9.78 Å². The van der Waals surface area contributed by atoms with Crippen molar-refractivity contribution >= 4 is 23.4 Å². The number of nitro groups is 1. The maximum Gasteiger partial charge on any atom is 0.342 e. The number of hydrogen-bond acceptors (Lipinski definition) is 7. The van der Waals surface area contributed by atoms with Crippen LogP contribution in [0.2, 0.25) is 0 Å². The molecule has 0 saturated carbocycles. The first-order chi connectivity index (χ1) is 8.99. The Hall–Kier alpha value is -2.49. The van der Waals surface area contributed by atoms with Gasteiger partial charge in [-0.1, -0.05) is 0 Å². The minimum Gasteiger partial charge on any atom is -0.477 e. The van der Waals surface area contributed by atoms with Crippen LogP contribution < -0.4 is 0 Å². The van der Waals surface area contributed by atoms with Crippen molar-refractivity contribution in [3.8, 4) is 0 Å². The molecule has 98 valence electrons. The highest BCUT2D eigenvalue weighted by molar-refractivity contribution is 7.99.